The number of aromatic nitrogens is 1. The van der Waals surface area contributed by atoms with Crippen molar-refractivity contribution in [2.24, 2.45) is 0 Å². The van der Waals surface area contributed by atoms with Crippen molar-refractivity contribution in [2.45, 2.75) is 42.3 Å². The molecule has 24 heavy (non-hydrogen) atoms. The fraction of sp³-hybridized carbons (Fsp3) is 0.571. The molecule has 1 aromatic heterocycles. The van der Waals surface area contributed by atoms with Crippen LogP contribution >= 0.6 is 11.8 Å². The fourth-order valence-electron chi connectivity index (χ4n) is 3.30. The van der Waals surface area contributed by atoms with E-state index in [1.807, 2.05) is 0 Å². The summed E-state index contributed by atoms with van der Waals surface area (Å²) >= 11 is 1.69. The van der Waals surface area contributed by atoms with Crippen molar-refractivity contribution in [3.8, 4) is 11.8 Å². The molecule has 0 radical (unpaired) electrons. The summed E-state index contributed by atoms with van der Waals surface area (Å²) in [5.41, 5.74) is -2.43. The number of aliphatic hydroxyl groups is 1. The van der Waals surface area contributed by atoms with E-state index in [9.17, 15) is 30.0 Å². The Kier molecular flexibility index (Phi) is 4.26. The molecule has 0 bridgehead atoms. The van der Waals surface area contributed by atoms with Crippen LogP contribution in [0.4, 0.5) is 4.79 Å². The fourth-order valence-corrected chi connectivity index (χ4v) is 4.85. The minimum absolute atomic E-state index is 0.00574. The Morgan fingerprint density at radius 2 is 2.00 bits per heavy atom. The number of carboxylic acids is 1. The highest BCUT2D eigenvalue weighted by Gasteiger charge is 2.44. The van der Waals surface area contributed by atoms with Crippen molar-refractivity contribution in [2.75, 3.05) is 5.75 Å². The number of urea groups is 1. The third kappa shape index (κ3) is 2.75. The summed E-state index contributed by atoms with van der Waals surface area (Å²) in [5.74, 6) is -1.83. The maximum Gasteiger partial charge on any atom is 0.357 e. The molecule has 3 rings (SSSR count). The molecule has 10 heteroatoms. The van der Waals surface area contributed by atoms with Crippen LogP contribution in [0.15, 0.2) is 12.1 Å². The van der Waals surface area contributed by atoms with Gasteiger partial charge in [0.2, 0.25) is 5.72 Å². The zero-order chi connectivity index (χ0) is 17.5. The highest BCUT2D eigenvalue weighted by atomic mass is 32.2. The van der Waals surface area contributed by atoms with Crippen molar-refractivity contribution in [3.05, 3.63) is 12.1 Å². The predicted molar refractivity (Wildman–Crippen MR) is 84.9 cm³/mol. The van der Waals surface area contributed by atoms with Gasteiger partial charge in [-0.15, -0.1) is 0 Å². The van der Waals surface area contributed by atoms with Crippen LogP contribution in [0.5, 0.6) is 11.8 Å². The topological polar surface area (TPSA) is 144 Å². The number of hydrogen-bond acceptors (Lipinski definition) is 6. The molecular weight excluding hydrogens is 338 g/mol. The molecule has 0 saturated carbocycles. The lowest BCUT2D eigenvalue weighted by Gasteiger charge is -2.27. The largest absolute Gasteiger partial charge is 0.494 e. The Morgan fingerprint density at radius 3 is 2.62 bits per heavy atom. The molecule has 2 aliphatic rings. The Labute approximate surface area is 141 Å². The molecule has 2 saturated heterocycles. The van der Waals surface area contributed by atoms with Gasteiger partial charge in [0.05, 0.1) is 12.1 Å². The van der Waals surface area contributed by atoms with Crippen molar-refractivity contribution in [3.63, 3.8) is 0 Å². The summed E-state index contributed by atoms with van der Waals surface area (Å²) in [6.45, 7) is 0. The first-order valence-electron chi connectivity index (χ1n) is 7.57. The van der Waals surface area contributed by atoms with Gasteiger partial charge in [-0.2, -0.15) is 11.8 Å². The van der Waals surface area contributed by atoms with Crippen LogP contribution < -0.4 is 10.6 Å². The standard InChI is InChI=1S/C14H19N3O6S/c18-9-3-4-10(19)17(9)14(23,12(20)21)5-1-2-8-11-7(6-24-8)15-13(22)16-11/h3-4,7-8,11,18-19,23H,1-2,5-6H2,(H,20,21)(H2,15,16,22)/t7-,8-,11-,14?/m0/s1. The van der Waals surface area contributed by atoms with Gasteiger partial charge in [-0.05, 0) is 12.8 Å². The number of fused-ring (bicyclic) bond motifs is 1. The van der Waals surface area contributed by atoms with Crippen LogP contribution in [-0.4, -0.2) is 60.1 Å². The van der Waals surface area contributed by atoms with E-state index >= 15 is 0 Å². The number of carbonyl (C=O) groups is 2. The number of carbonyl (C=O) groups excluding carboxylic acids is 1. The maximum absolute atomic E-state index is 11.5. The number of rotatable bonds is 6. The number of nitrogens with zero attached hydrogens (tertiary/aromatic N) is 1. The Morgan fingerprint density at radius 1 is 1.33 bits per heavy atom. The number of nitrogens with one attached hydrogen (secondary N) is 2. The van der Waals surface area contributed by atoms with E-state index in [2.05, 4.69) is 10.6 Å². The lowest BCUT2D eigenvalue weighted by molar-refractivity contribution is -0.173. The molecule has 3 heterocycles. The van der Waals surface area contributed by atoms with Gasteiger partial charge in [0.15, 0.2) is 11.8 Å². The van der Waals surface area contributed by atoms with E-state index in [0.717, 1.165) is 17.9 Å². The van der Waals surface area contributed by atoms with Crippen molar-refractivity contribution in [1.82, 2.24) is 15.2 Å². The SMILES string of the molecule is O=C1N[C@H]2[C@H](CS[C@H]2CCCC(O)(C(=O)O)n2c(O)ccc2O)N1. The minimum Gasteiger partial charge on any atom is -0.494 e. The second-order valence-electron chi connectivity index (χ2n) is 6.02. The first kappa shape index (κ1) is 16.8. The van der Waals surface area contributed by atoms with Gasteiger partial charge in [-0.1, -0.05) is 0 Å². The number of carboxylic acid groups (broad SMARTS) is 1. The van der Waals surface area contributed by atoms with E-state index in [1.54, 1.807) is 11.8 Å². The third-order valence-electron chi connectivity index (χ3n) is 4.50. The van der Waals surface area contributed by atoms with Crippen LogP contribution in [0.25, 0.3) is 0 Å². The molecule has 0 aliphatic carbocycles. The summed E-state index contributed by atoms with van der Waals surface area (Å²) in [7, 11) is 0. The zero-order valence-electron chi connectivity index (χ0n) is 12.7. The molecule has 2 amide bonds. The van der Waals surface area contributed by atoms with Gasteiger partial charge in [-0.25, -0.2) is 14.2 Å². The summed E-state index contributed by atoms with van der Waals surface area (Å²) < 4.78 is 0.596. The van der Waals surface area contributed by atoms with Crippen molar-refractivity contribution < 1.29 is 30.0 Å². The highest BCUT2D eigenvalue weighted by molar-refractivity contribution is 8.00. The van der Waals surface area contributed by atoms with Crippen LogP contribution in [-0.2, 0) is 10.5 Å². The molecule has 2 aliphatic heterocycles. The number of hydrogen-bond donors (Lipinski definition) is 6. The monoisotopic (exact) mass is 357 g/mol. The third-order valence-corrected chi connectivity index (χ3v) is 6.01. The van der Waals surface area contributed by atoms with E-state index in [1.165, 1.54) is 0 Å². The normalized spacial score (nSPS) is 28.0. The number of thioether (sulfide) groups is 1. The van der Waals surface area contributed by atoms with Crippen molar-refractivity contribution >= 4 is 23.8 Å². The predicted octanol–water partition coefficient (Wildman–Crippen LogP) is -0.0353. The first-order valence-corrected chi connectivity index (χ1v) is 8.62. The zero-order valence-corrected chi connectivity index (χ0v) is 13.5. The van der Waals surface area contributed by atoms with Crippen LogP contribution in [0.2, 0.25) is 0 Å². The van der Waals surface area contributed by atoms with Gasteiger partial charge < -0.3 is 31.1 Å². The van der Waals surface area contributed by atoms with Gasteiger partial charge in [0.1, 0.15) is 0 Å². The molecular formula is C14H19N3O6S. The van der Waals surface area contributed by atoms with Crippen LogP contribution in [0.3, 0.4) is 0 Å². The molecule has 4 atom stereocenters. The highest BCUT2D eigenvalue weighted by Crippen LogP contribution is 2.36. The smallest absolute Gasteiger partial charge is 0.357 e. The number of aliphatic carboxylic acids is 1. The van der Waals surface area contributed by atoms with E-state index in [0.29, 0.717) is 17.4 Å². The summed E-state index contributed by atoms with van der Waals surface area (Å²) in [6, 6.07) is 2.09. The summed E-state index contributed by atoms with van der Waals surface area (Å²) in [5, 5.41) is 45.0. The van der Waals surface area contributed by atoms with Gasteiger partial charge >= 0.3 is 12.0 Å². The van der Waals surface area contributed by atoms with E-state index < -0.39 is 23.5 Å². The lowest BCUT2D eigenvalue weighted by Crippen LogP contribution is -2.42. The molecule has 132 valence electrons. The molecule has 1 aromatic rings. The van der Waals surface area contributed by atoms with Crippen molar-refractivity contribution in [1.29, 1.82) is 0 Å². The Bertz CT molecular complexity index is 645. The molecule has 2 fully saturated rings. The summed E-state index contributed by atoms with van der Waals surface area (Å²) in [6.07, 6.45) is 0.747. The molecule has 9 nitrogen and oxygen atoms in total. The van der Waals surface area contributed by atoms with Crippen LogP contribution in [0, 0.1) is 0 Å². The first-order chi connectivity index (χ1) is 11.3. The average molecular weight is 357 g/mol. The van der Waals surface area contributed by atoms with E-state index in [4.69, 9.17) is 0 Å². The molecule has 0 spiro atoms. The Balaban J connectivity index is 1.65. The lowest BCUT2D eigenvalue weighted by atomic mass is 10.00. The number of amides is 2. The second kappa shape index (κ2) is 6.10. The number of aromatic hydroxyl groups is 2. The molecule has 0 aromatic carbocycles. The minimum atomic E-state index is -2.43. The maximum atomic E-state index is 11.5. The summed E-state index contributed by atoms with van der Waals surface area (Å²) in [4.78, 5) is 22.9. The molecule has 6 N–H and O–H groups in total. The van der Waals surface area contributed by atoms with Gasteiger partial charge in [0, 0.05) is 29.6 Å². The van der Waals surface area contributed by atoms with Crippen LogP contribution in [0.1, 0.15) is 19.3 Å². The average Bonchev–Trinajstić information content (AvgIpc) is 3.15. The second-order valence-corrected chi connectivity index (χ2v) is 7.29. The van der Waals surface area contributed by atoms with Gasteiger partial charge in [0.25, 0.3) is 0 Å². The molecule has 1 unspecified atom stereocenters. The Hall–Kier alpha value is -2.07. The van der Waals surface area contributed by atoms with Gasteiger partial charge in [-0.3, -0.25) is 0 Å². The van der Waals surface area contributed by atoms with E-state index in [-0.39, 0.29) is 29.8 Å². The quantitative estimate of drug-likeness (QED) is 0.392.